The molecule has 2 aromatic rings. The van der Waals surface area contributed by atoms with Crippen LogP contribution in [-0.4, -0.2) is 6.03 Å². The van der Waals surface area contributed by atoms with Crippen molar-refractivity contribution in [1.82, 2.24) is 5.32 Å². The van der Waals surface area contributed by atoms with Gasteiger partial charge in [0.05, 0.1) is 6.04 Å². The average Bonchev–Trinajstić information content (AvgIpc) is 2.38. The fourth-order valence-electron chi connectivity index (χ4n) is 1.85. The summed E-state index contributed by atoms with van der Waals surface area (Å²) in [4.78, 5) is 11.2. The molecule has 3 nitrogen and oxygen atoms in total. The molecule has 98 valence electrons. The minimum atomic E-state index is -0.611. The molecule has 0 heterocycles. The number of halogens is 2. The van der Waals surface area contributed by atoms with E-state index in [2.05, 4.69) is 5.32 Å². The number of primary amides is 1. The first-order valence-corrected chi connectivity index (χ1v) is 6.39. The molecule has 0 aliphatic carbocycles. The van der Waals surface area contributed by atoms with E-state index in [0.717, 1.165) is 11.1 Å². The number of nitrogens with one attached hydrogen (secondary N) is 1. The molecule has 3 N–H and O–H groups in total. The van der Waals surface area contributed by atoms with Gasteiger partial charge in [0, 0.05) is 10.0 Å². The Bertz CT molecular complexity index is 584. The van der Waals surface area contributed by atoms with E-state index >= 15 is 0 Å². The van der Waals surface area contributed by atoms with Crippen molar-refractivity contribution < 1.29 is 4.79 Å². The molecule has 0 saturated carbocycles. The van der Waals surface area contributed by atoms with Gasteiger partial charge in [-0.1, -0.05) is 53.5 Å². The van der Waals surface area contributed by atoms with Gasteiger partial charge in [-0.25, -0.2) is 4.79 Å². The maximum Gasteiger partial charge on any atom is 0.312 e. The van der Waals surface area contributed by atoms with Crippen molar-refractivity contribution in [3.63, 3.8) is 0 Å². The maximum absolute atomic E-state index is 11.2. The summed E-state index contributed by atoms with van der Waals surface area (Å²) in [6.45, 7) is 0. The SMILES string of the molecule is NC(=O)N[C@@H](c1ccc(Cl)cc1)c1ccccc1Cl. The average molecular weight is 295 g/mol. The second-order valence-electron chi connectivity index (χ2n) is 4.01. The van der Waals surface area contributed by atoms with Crippen molar-refractivity contribution in [3.8, 4) is 0 Å². The van der Waals surface area contributed by atoms with Gasteiger partial charge in [-0.15, -0.1) is 0 Å². The minimum Gasteiger partial charge on any atom is -0.352 e. The molecule has 0 spiro atoms. The van der Waals surface area contributed by atoms with E-state index in [1.54, 1.807) is 18.2 Å². The molecular formula is C14H12Cl2N2O. The van der Waals surface area contributed by atoms with Gasteiger partial charge in [0.2, 0.25) is 0 Å². The van der Waals surface area contributed by atoms with Crippen molar-refractivity contribution in [1.29, 1.82) is 0 Å². The van der Waals surface area contributed by atoms with Gasteiger partial charge in [0.1, 0.15) is 0 Å². The Kier molecular flexibility index (Phi) is 4.30. The maximum atomic E-state index is 11.2. The number of rotatable bonds is 3. The van der Waals surface area contributed by atoms with Gasteiger partial charge in [-0.05, 0) is 29.3 Å². The molecule has 0 radical (unpaired) electrons. The van der Waals surface area contributed by atoms with Gasteiger partial charge in [-0.3, -0.25) is 0 Å². The third kappa shape index (κ3) is 3.40. The zero-order valence-electron chi connectivity index (χ0n) is 9.94. The molecular weight excluding hydrogens is 283 g/mol. The molecule has 2 rings (SSSR count). The Labute approximate surface area is 121 Å². The summed E-state index contributed by atoms with van der Waals surface area (Å²) < 4.78 is 0. The molecule has 19 heavy (non-hydrogen) atoms. The first kappa shape index (κ1) is 13.7. The highest BCUT2D eigenvalue weighted by Gasteiger charge is 2.17. The van der Waals surface area contributed by atoms with Crippen LogP contribution in [0.3, 0.4) is 0 Å². The van der Waals surface area contributed by atoms with Crippen LogP contribution in [0.1, 0.15) is 17.2 Å². The smallest absolute Gasteiger partial charge is 0.312 e. The molecule has 2 amide bonds. The summed E-state index contributed by atoms with van der Waals surface area (Å²) in [7, 11) is 0. The van der Waals surface area contributed by atoms with E-state index in [1.165, 1.54) is 0 Å². The van der Waals surface area contributed by atoms with Crippen LogP contribution in [0.15, 0.2) is 48.5 Å². The molecule has 1 atom stereocenters. The predicted molar refractivity (Wildman–Crippen MR) is 77.5 cm³/mol. The Morgan fingerprint density at radius 1 is 1.05 bits per heavy atom. The van der Waals surface area contributed by atoms with Gasteiger partial charge in [0.15, 0.2) is 0 Å². The zero-order valence-corrected chi connectivity index (χ0v) is 11.4. The monoisotopic (exact) mass is 294 g/mol. The third-order valence-electron chi connectivity index (χ3n) is 2.71. The Balaban J connectivity index is 2.44. The van der Waals surface area contributed by atoms with Crippen LogP contribution in [0, 0.1) is 0 Å². The Morgan fingerprint density at radius 2 is 1.68 bits per heavy atom. The molecule has 0 aromatic heterocycles. The minimum absolute atomic E-state index is 0.400. The van der Waals surface area contributed by atoms with Crippen molar-refractivity contribution in [2.45, 2.75) is 6.04 Å². The molecule has 2 aromatic carbocycles. The highest BCUT2D eigenvalue weighted by Crippen LogP contribution is 2.28. The molecule has 0 saturated heterocycles. The summed E-state index contributed by atoms with van der Waals surface area (Å²) in [5.41, 5.74) is 6.87. The summed E-state index contributed by atoms with van der Waals surface area (Å²) in [6, 6.07) is 13.4. The normalized spacial score (nSPS) is 11.9. The molecule has 5 heteroatoms. The van der Waals surface area contributed by atoms with Gasteiger partial charge in [-0.2, -0.15) is 0 Å². The number of urea groups is 1. The van der Waals surface area contributed by atoms with E-state index < -0.39 is 12.1 Å². The first-order chi connectivity index (χ1) is 9.08. The van der Waals surface area contributed by atoms with E-state index in [9.17, 15) is 4.79 Å². The number of nitrogens with two attached hydrogens (primary N) is 1. The molecule has 0 bridgehead atoms. The molecule has 0 aliphatic rings. The van der Waals surface area contributed by atoms with Crippen molar-refractivity contribution in [3.05, 3.63) is 69.7 Å². The van der Waals surface area contributed by atoms with Crippen LogP contribution in [0.4, 0.5) is 4.79 Å². The lowest BCUT2D eigenvalue weighted by Gasteiger charge is -2.19. The van der Waals surface area contributed by atoms with Crippen LogP contribution < -0.4 is 11.1 Å². The number of carbonyl (C=O) groups excluding carboxylic acids is 1. The quantitative estimate of drug-likeness (QED) is 0.890. The van der Waals surface area contributed by atoms with E-state index in [1.807, 2.05) is 30.3 Å². The Hall–Kier alpha value is -1.71. The predicted octanol–water partition coefficient (Wildman–Crippen LogP) is 3.75. The van der Waals surface area contributed by atoms with Gasteiger partial charge in [0.25, 0.3) is 0 Å². The van der Waals surface area contributed by atoms with Gasteiger partial charge < -0.3 is 11.1 Å². The zero-order chi connectivity index (χ0) is 13.8. The lowest BCUT2D eigenvalue weighted by molar-refractivity contribution is 0.247. The van der Waals surface area contributed by atoms with E-state index in [4.69, 9.17) is 28.9 Å². The summed E-state index contributed by atoms with van der Waals surface area (Å²) >= 11 is 12.0. The number of carbonyl (C=O) groups is 1. The largest absolute Gasteiger partial charge is 0.352 e. The lowest BCUT2D eigenvalue weighted by atomic mass is 9.99. The third-order valence-corrected chi connectivity index (χ3v) is 3.30. The van der Waals surface area contributed by atoms with Crippen LogP contribution >= 0.6 is 23.2 Å². The number of benzene rings is 2. The fraction of sp³-hybridized carbons (Fsp3) is 0.0714. The second-order valence-corrected chi connectivity index (χ2v) is 4.86. The van der Waals surface area contributed by atoms with Crippen LogP contribution in [0.5, 0.6) is 0 Å². The first-order valence-electron chi connectivity index (χ1n) is 5.64. The summed E-state index contributed by atoms with van der Waals surface area (Å²) in [5.74, 6) is 0. The number of amides is 2. The van der Waals surface area contributed by atoms with E-state index in [-0.39, 0.29) is 0 Å². The highest BCUT2D eigenvalue weighted by molar-refractivity contribution is 6.31. The molecule has 0 aliphatic heterocycles. The summed E-state index contributed by atoms with van der Waals surface area (Å²) in [6.07, 6.45) is 0. The lowest BCUT2D eigenvalue weighted by Crippen LogP contribution is -2.33. The van der Waals surface area contributed by atoms with Crippen molar-refractivity contribution in [2.75, 3.05) is 0 Å². The standard InChI is InChI=1S/C14H12Cl2N2O/c15-10-7-5-9(6-8-10)13(18-14(17)19)11-3-1-2-4-12(11)16/h1-8,13H,(H3,17,18,19)/t13-/m0/s1. The number of hydrogen-bond donors (Lipinski definition) is 2. The topological polar surface area (TPSA) is 55.1 Å². The van der Waals surface area contributed by atoms with Crippen molar-refractivity contribution >= 4 is 29.2 Å². The van der Waals surface area contributed by atoms with Crippen LogP contribution in [0.2, 0.25) is 10.0 Å². The van der Waals surface area contributed by atoms with Crippen molar-refractivity contribution in [2.24, 2.45) is 5.73 Å². The fourth-order valence-corrected chi connectivity index (χ4v) is 2.22. The highest BCUT2D eigenvalue weighted by atomic mass is 35.5. The van der Waals surface area contributed by atoms with Crippen LogP contribution in [0.25, 0.3) is 0 Å². The van der Waals surface area contributed by atoms with E-state index in [0.29, 0.717) is 10.0 Å². The summed E-state index contributed by atoms with van der Waals surface area (Å²) in [5, 5.41) is 3.88. The molecule has 0 fully saturated rings. The molecule has 0 unspecified atom stereocenters. The van der Waals surface area contributed by atoms with Crippen LogP contribution in [-0.2, 0) is 0 Å². The second kappa shape index (κ2) is 5.95. The van der Waals surface area contributed by atoms with Gasteiger partial charge >= 0.3 is 6.03 Å². The Morgan fingerprint density at radius 3 is 2.26 bits per heavy atom. The number of hydrogen-bond acceptors (Lipinski definition) is 1.